The summed E-state index contributed by atoms with van der Waals surface area (Å²) >= 11 is 0. The van der Waals surface area contributed by atoms with E-state index in [4.69, 9.17) is 14.9 Å². The van der Waals surface area contributed by atoms with Crippen LogP contribution in [0, 0.1) is 89.9 Å². The van der Waals surface area contributed by atoms with Crippen LogP contribution in [0.5, 0.6) is 0 Å². The van der Waals surface area contributed by atoms with Crippen LogP contribution < -0.4 is 0 Å². The van der Waals surface area contributed by atoms with Crippen LogP contribution >= 0.6 is 0 Å². The van der Waals surface area contributed by atoms with Gasteiger partial charge in [-0.15, -0.1) is 0 Å². The minimum absolute atomic E-state index is 0. The fourth-order valence-electron chi connectivity index (χ4n) is 8.42. The standard InChI is InChI=1S/C28H43NO7.Ac/c1-13(11-29)21(30)24(32)36-18-10-28(34)17(5)22-26(8,14(2)9-19-27(22,33)12-35-19)23(31)16(4)20(15(18)3)25(28,6)7;/h11,13-14,16-19,21-22,29-30,33-34H,9-10,12H2,1-8H3;/t13?,14-,16+,17-,18?,19?,21?,22?,26+,27?,28?;/m0./s1. The van der Waals surface area contributed by atoms with E-state index in [1.807, 2.05) is 48.5 Å². The molecule has 3 aliphatic carbocycles. The Labute approximate surface area is 256 Å². The molecule has 4 N–H and O–H groups in total. The minimum atomic E-state index is -1.50. The molecule has 11 atom stereocenters. The molecule has 1 saturated heterocycles. The predicted molar refractivity (Wildman–Crippen MR) is 133 cm³/mol. The van der Waals surface area contributed by atoms with E-state index >= 15 is 0 Å². The number of hydrogen-bond donors (Lipinski definition) is 4. The third kappa shape index (κ3) is 4.12. The van der Waals surface area contributed by atoms with E-state index in [1.54, 1.807) is 6.92 Å². The van der Waals surface area contributed by atoms with Gasteiger partial charge in [0.25, 0.3) is 0 Å². The Balaban J connectivity index is 0.00000380. The van der Waals surface area contributed by atoms with Gasteiger partial charge in [0, 0.05) is 85.3 Å². The van der Waals surface area contributed by atoms with Crippen molar-refractivity contribution in [2.45, 2.75) is 97.7 Å². The van der Waals surface area contributed by atoms with E-state index in [2.05, 4.69) is 0 Å². The summed E-state index contributed by atoms with van der Waals surface area (Å²) < 4.78 is 11.5. The third-order valence-corrected chi connectivity index (χ3v) is 10.9. The number of Topliss-reactive ketones (excluding diaryl/α,β-unsaturated/α-hetero) is 1. The molecule has 0 aromatic rings. The van der Waals surface area contributed by atoms with Crippen LogP contribution in [0.3, 0.4) is 0 Å². The summed E-state index contributed by atoms with van der Waals surface area (Å²) in [6, 6.07) is 0. The van der Waals surface area contributed by atoms with Gasteiger partial charge in [0.15, 0.2) is 6.10 Å². The zero-order valence-corrected chi connectivity index (χ0v) is 28.1. The summed E-state index contributed by atoms with van der Waals surface area (Å²) in [5, 5.41) is 42.2. The normalized spacial score (nSPS) is 46.1. The molecule has 37 heavy (non-hydrogen) atoms. The van der Waals surface area contributed by atoms with Crippen LogP contribution in [0.2, 0.25) is 0 Å². The van der Waals surface area contributed by atoms with E-state index in [0.717, 1.165) is 17.4 Å². The largest absolute Gasteiger partial charge is 0.456 e. The van der Waals surface area contributed by atoms with Crippen LogP contribution in [-0.4, -0.2) is 69.4 Å². The number of ether oxygens (including phenoxy) is 2. The van der Waals surface area contributed by atoms with Gasteiger partial charge < -0.3 is 30.2 Å². The molecule has 9 heteroatoms. The number of aliphatic hydroxyl groups is 3. The SMILES string of the molecule is CC1=C2[C@@H](C)C(=O)[C@@]3(C)C([C@H](C)C(O)(CC1OC(=O)C(O)C(C)C=N)C2(C)C)C1(O)COC1C[C@@H]3C.[Ac]. The molecule has 0 spiro atoms. The minimum Gasteiger partial charge on any atom is -0.456 e. The van der Waals surface area contributed by atoms with Crippen molar-refractivity contribution in [2.24, 2.45) is 40.4 Å². The molecule has 4 rings (SSSR count). The second kappa shape index (κ2) is 10.0. The van der Waals surface area contributed by atoms with Gasteiger partial charge in [-0.2, -0.15) is 0 Å². The number of hydrogen-bond acceptors (Lipinski definition) is 8. The number of aliphatic hydroxyl groups excluding tert-OH is 1. The molecule has 2 saturated carbocycles. The smallest absolute Gasteiger partial charge is 0.336 e. The number of rotatable bonds is 4. The summed E-state index contributed by atoms with van der Waals surface area (Å²) in [6.07, 6.45) is -1.07. The average Bonchev–Trinajstić information content (AvgIpc) is 2.81. The Kier molecular flexibility index (Phi) is 8.50. The van der Waals surface area contributed by atoms with Crippen molar-refractivity contribution in [3.05, 3.63) is 11.1 Å². The van der Waals surface area contributed by atoms with Gasteiger partial charge in [0.1, 0.15) is 17.5 Å². The summed E-state index contributed by atoms with van der Waals surface area (Å²) in [5.74, 6) is -3.24. The van der Waals surface area contributed by atoms with Crippen molar-refractivity contribution >= 4 is 18.0 Å². The molecule has 0 amide bonds. The molecular weight excluding hydrogens is 689 g/mol. The van der Waals surface area contributed by atoms with E-state index in [1.165, 1.54) is 0 Å². The third-order valence-electron chi connectivity index (χ3n) is 10.9. The van der Waals surface area contributed by atoms with Gasteiger partial charge in [-0.1, -0.05) is 48.5 Å². The van der Waals surface area contributed by atoms with Crippen molar-refractivity contribution in [3.8, 4) is 0 Å². The van der Waals surface area contributed by atoms with Crippen molar-refractivity contribution in [3.63, 3.8) is 0 Å². The summed E-state index contributed by atoms with van der Waals surface area (Å²) in [6.45, 7) is 15.1. The first kappa shape index (κ1) is 31.4. The van der Waals surface area contributed by atoms with Crippen LogP contribution in [0.4, 0.5) is 0 Å². The predicted octanol–water partition coefficient (Wildman–Crippen LogP) is 2.67. The molecule has 1 heterocycles. The molecule has 4 aliphatic rings. The van der Waals surface area contributed by atoms with Crippen LogP contribution in [0.25, 0.3) is 0 Å². The second-order valence-corrected chi connectivity index (χ2v) is 12.8. The molecule has 0 aromatic heterocycles. The zero-order valence-electron chi connectivity index (χ0n) is 23.4. The Morgan fingerprint density at radius 3 is 2.32 bits per heavy atom. The molecule has 8 nitrogen and oxygen atoms in total. The maximum absolute atomic E-state index is 14.4. The maximum atomic E-state index is 14.4. The molecule has 2 bridgehead atoms. The van der Waals surface area contributed by atoms with Crippen molar-refractivity contribution in [2.75, 3.05) is 6.61 Å². The molecule has 0 aromatic carbocycles. The fourth-order valence-corrected chi connectivity index (χ4v) is 8.42. The molecule has 7 unspecified atom stereocenters. The van der Waals surface area contributed by atoms with Crippen LogP contribution in [0.15, 0.2) is 11.1 Å². The van der Waals surface area contributed by atoms with E-state index in [-0.39, 0.29) is 74.9 Å². The van der Waals surface area contributed by atoms with Crippen molar-refractivity contribution in [1.29, 1.82) is 5.41 Å². The number of esters is 1. The maximum Gasteiger partial charge on any atom is 0.336 e. The van der Waals surface area contributed by atoms with Crippen LogP contribution in [0.1, 0.15) is 68.2 Å². The average molecular weight is 733 g/mol. The Bertz CT molecular complexity index is 1010. The number of carbonyl (C=O) groups is 2. The zero-order chi connectivity index (χ0) is 27.2. The summed E-state index contributed by atoms with van der Waals surface area (Å²) in [7, 11) is 0. The van der Waals surface area contributed by atoms with Gasteiger partial charge in [0.2, 0.25) is 0 Å². The number of nitrogens with one attached hydrogen (secondary N) is 1. The molecule has 1 aliphatic heterocycles. The van der Waals surface area contributed by atoms with E-state index in [9.17, 15) is 24.9 Å². The molecular formula is C28H43AcNO7. The van der Waals surface area contributed by atoms with Gasteiger partial charge >= 0.3 is 5.97 Å². The Morgan fingerprint density at radius 2 is 1.81 bits per heavy atom. The van der Waals surface area contributed by atoms with E-state index in [0.29, 0.717) is 6.42 Å². The van der Waals surface area contributed by atoms with Crippen LogP contribution in [-0.2, 0) is 19.1 Å². The first-order chi connectivity index (χ1) is 16.5. The van der Waals surface area contributed by atoms with Crippen molar-refractivity contribution < 1.29 is 78.4 Å². The summed E-state index contributed by atoms with van der Waals surface area (Å²) in [4.78, 5) is 27.2. The van der Waals surface area contributed by atoms with Crippen molar-refractivity contribution in [1.82, 2.24) is 0 Å². The number of fused-ring (bicyclic) bond motifs is 5. The number of ketones is 1. The number of carbonyl (C=O) groups excluding carboxylic acids is 2. The topological polar surface area (TPSA) is 137 Å². The Hall–Kier alpha value is -0.168. The molecule has 3 fully saturated rings. The quantitative estimate of drug-likeness (QED) is 0.198. The van der Waals surface area contributed by atoms with Gasteiger partial charge in [-0.05, 0) is 36.3 Å². The summed E-state index contributed by atoms with van der Waals surface area (Å²) in [5.41, 5.74) is -2.88. The first-order valence-electron chi connectivity index (χ1n) is 13.2. The monoisotopic (exact) mass is 732 g/mol. The molecule has 1 radical (unpaired) electrons. The Morgan fingerprint density at radius 1 is 1.22 bits per heavy atom. The van der Waals surface area contributed by atoms with Gasteiger partial charge in [-0.3, -0.25) is 4.79 Å². The fraction of sp³-hybridized carbons (Fsp3) is 0.821. The van der Waals surface area contributed by atoms with E-state index < -0.39 is 63.9 Å². The van der Waals surface area contributed by atoms with Gasteiger partial charge in [0.05, 0.1) is 18.3 Å². The second-order valence-electron chi connectivity index (χ2n) is 12.8. The molecule has 205 valence electrons. The first-order valence-corrected chi connectivity index (χ1v) is 13.2. The van der Waals surface area contributed by atoms with Gasteiger partial charge in [-0.25, -0.2) is 4.79 Å².